The normalized spacial score (nSPS) is 20.9. The van der Waals surface area contributed by atoms with Crippen LogP contribution in [-0.4, -0.2) is 19.6 Å². The van der Waals surface area contributed by atoms with Gasteiger partial charge in [-0.1, -0.05) is 23.7 Å². The smallest absolute Gasteiger partial charge is 0.0406 e. The van der Waals surface area contributed by atoms with Crippen molar-refractivity contribution in [3.8, 4) is 0 Å². The summed E-state index contributed by atoms with van der Waals surface area (Å²) in [5.74, 6) is 0.793. The highest BCUT2D eigenvalue weighted by Gasteiger charge is 2.11. The molecule has 1 atom stereocenters. The van der Waals surface area contributed by atoms with Gasteiger partial charge in [0.2, 0.25) is 0 Å². The lowest BCUT2D eigenvalue weighted by atomic mass is 10.00. The number of hydrogen-bond donors (Lipinski definition) is 2. The van der Waals surface area contributed by atoms with Crippen LogP contribution in [-0.2, 0) is 6.54 Å². The number of benzene rings is 1. The average molecular weight is 239 g/mol. The molecule has 0 aromatic heterocycles. The predicted molar refractivity (Wildman–Crippen MR) is 68.8 cm³/mol. The van der Waals surface area contributed by atoms with Crippen LogP contribution in [0.15, 0.2) is 24.3 Å². The van der Waals surface area contributed by atoms with Crippen molar-refractivity contribution in [2.24, 2.45) is 5.92 Å². The number of hydrogen-bond acceptors (Lipinski definition) is 2. The second-order valence-corrected chi connectivity index (χ2v) is 4.91. The van der Waals surface area contributed by atoms with Crippen molar-refractivity contribution >= 4 is 11.6 Å². The zero-order valence-electron chi connectivity index (χ0n) is 9.51. The third-order valence-electron chi connectivity index (χ3n) is 3.07. The molecule has 1 aliphatic heterocycles. The molecule has 0 amide bonds. The Morgan fingerprint density at radius 3 is 2.81 bits per heavy atom. The summed E-state index contributed by atoms with van der Waals surface area (Å²) in [4.78, 5) is 0. The van der Waals surface area contributed by atoms with E-state index in [9.17, 15) is 0 Å². The monoisotopic (exact) mass is 238 g/mol. The minimum Gasteiger partial charge on any atom is -0.316 e. The van der Waals surface area contributed by atoms with Crippen LogP contribution in [0.5, 0.6) is 0 Å². The number of rotatable bonds is 4. The summed E-state index contributed by atoms with van der Waals surface area (Å²) in [5, 5.41) is 7.75. The minimum absolute atomic E-state index is 0.793. The third-order valence-corrected chi connectivity index (χ3v) is 3.33. The summed E-state index contributed by atoms with van der Waals surface area (Å²) in [6, 6.07) is 8.05. The van der Waals surface area contributed by atoms with E-state index in [-0.39, 0.29) is 0 Å². The highest BCUT2D eigenvalue weighted by molar-refractivity contribution is 6.30. The number of nitrogens with one attached hydrogen (secondary N) is 2. The quantitative estimate of drug-likeness (QED) is 0.842. The first kappa shape index (κ1) is 11.9. The summed E-state index contributed by atoms with van der Waals surface area (Å²) in [6.45, 7) is 4.39. The predicted octanol–water partition coefficient (Wildman–Crippen LogP) is 2.43. The molecule has 0 saturated carbocycles. The molecule has 2 rings (SSSR count). The molecule has 0 bridgehead atoms. The Morgan fingerprint density at radius 1 is 1.31 bits per heavy atom. The zero-order valence-corrected chi connectivity index (χ0v) is 10.3. The van der Waals surface area contributed by atoms with Crippen LogP contribution in [0.25, 0.3) is 0 Å². The van der Waals surface area contributed by atoms with E-state index in [0.717, 1.165) is 30.6 Å². The first-order valence-corrected chi connectivity index (χ1v) is 6.38. The molecule has 2 nitrogen and oxygen atoms in total. The van der Waals surface area contributed by atoms with E-state index in [2.05, 4.69) is 22.8 Å². The van der Waals surface area contributed by atoms with Gasteiger partial charge in [-0.05, 0) is 56.1 Å². The molecule has 0 spiro atoms. The van der Waals surface area contributed by atoms with Gasteiger partial charge in [-0.25, -0.2) is 0 Å². The lowest BCUT2D eigenvalue weighted by molar-refractivity contribution is 0.360. The molecule has 1 aromatic rings. The van der Waals surface area contributed by atoms with E-state index in [1.165, 1.54) is 24.9 Å². The van der Waals surface area contributed by atoms with Crippen LogP contribution in [0.2, 0.25) is 5.02 Å². The summed E-state index contributed by atoms with van der Waals surface area (Å²) in [5.41, 5.74) is 1.30. The Kier molecular flexibility index (Phi) is 4.64. The van der Waals surface area contributed by atoms with Gasteiger partial charge < -0.3 is 10.6 Å². The Labute approximate surface area is 102 Å². The summed E-state index contributed by atoms with van der Waals surface area (Å²) in [6.07, 6.45) is 2.66. The molecule has 1 aromatic carbocycles. The Hall–Kier alpha value is -0.570. The van der Waals surface area contributed by atoms with Crippen LogP contribution < -0.4 is 10.6 Å². The number of piperidine rings is 1. The van der Waals surface area contributed by atoms with Gasteiger partial charge in [-0.2, -0.15) is 0 Å². The summed E-state index contributed by atoms with van der Waals surface area (Å²) < 4.78 is 0. The molecule has 1 heterocycles. The van der Waals surface area contributed by atoms with Gasteiger partial charge >= 0.3 is 0 Å². The highest BCUT2D eigenvalue weighted by atomic mass is 35.5. The van der Waals surface area contributed by atoms with Gasteiger partial charge in [0, 0.05) is 11.6 Å². The first-order chi connectivity index (χ1) is 7.84. The SMILES string of the molecule is Clc1ccc(CNC[C@H]2CCCNC2)cc1. The standard InChI is InChI=1S/C13H19ClN2/c14-13-5-3-11(4-6-13)8-16-10-12-2-1-7-15-9-12/h3-6,12,15-16H,1-2,7-10H2/t12-/m0/s1. The minimum atomic E-state index is 0.793. The Morgan fingerprint density at radius 2 is 2.12 bits per heavy atom. The van der Waals surface area contributed by atoms with Crippen molar-refractivity contribution in [1.29, 1.82) is 0 Å². The van der Waals surface area contributed by atoms with Crippen LogP contribution in [0.1, 0.15) is 18.4 Å². The molecule has 0 aliphatic carbocycles. The number of halogens is 1. The maximum Gasteiger partial charge on any atom is 0.0406 e. The van der Waals surface area contributed by atoms with Gasteiger partial charge in [0.25, 0.3) is 0 Å². The van der Waals surface area contributed by atoms with Crippen molar-refractivity contribution in [1.82, 2.24) is 10.6 Å². The van der Waals surface area contributed by atoms with E-state index in [1.54, 1.807) is 0 Å². The Bertz CT molecular complexity index is 304. The average Bonchev–Trinajstić information content (AvgIpc) is 2.33. The fourth-order valence-corrected chi connectivity index (χ4v) is 2.25. The zero-order chi connectivity index (χ0) is 11.2. The van der Waals surface area contributed by atoms with Gasteiger partial charge in [0.15, 0.2) is 0 Å². The molecule has 1 fully saturated rings. The molecular weight excluding hydrogens is 220 g/mol. The van der Waals surface area contributed by atoms with Crippen molar-refractivity contribution < 1.29 is 0 Å². The van der Waals surface area contributed by atoms with Gasteiger partial charge in [0.1, 0.15) is 0 Å². The lowest BCUT2D eigenvalue weighted by Gasteiger charge is -2.22. The maximum atomic E-state index is 5.84. The third kappa shape index (κ3) is 3.78. The van der Waals surface area contributed by atoms with Gasteiger partial charge in [-0.3, -0.25) is 0 Å². The summed E-state index contributed by atoms with van der Waals surface area (Å²) in [7, 11) is 0. The van der Waals surface area contributed by atoms with E-state index in [4.69, 9.17) is 11.6 Å². The highest BCUT2D eigenvalue weighted by Crippen LogP contribution is 2.10. The second-order valence-electron chi connectivity index (χ2n) is 4.47. The fraction of sp³-hybridized carbons (Fsp3) is 0.538. The topological polar surface area (TPSA) is 24.1 Å². The van der Waals surface area contributed by atoms with Crippen LogP contribution in [0.4, 0.5) is 0 Å². The maximum absolute atomic E-state index is 5.84. The molecule has 1 aliphatic rings. The lowest BCUT2D eigenvalue weighted by Crippen LogP contribution is -2.35. The molecule has 2 N–H and O–H groups in total. The van der Waals surface area contributed by atoms with Gasteiger partial charge in [0.05, 0.1) is 0 Å². The summed E-state index contributed by atoms with van der Waals surface area (Å²) >= 11 is 5.84. The van der Waals surface area contributed by atoms with Crippen LogP contribution in [0, 0.1) is 5.92 Å². The van der Waals surface area contributed by atoms with E-state index < -0.39 is 0 Å². The second kappa shape index (κ2) is 6.24. The van der Waals surface area contributed by atoms with Crippen molar-refractivity contribution in [2.45, 2.75) is 19.4 Å². The van der Waals surface area contributed by atoms with E-state index in [1.807, 2.05) is 12.1 Å². The van der Waals surface area contributed by atoms with E-state index >= 15 is 0 Å². The molecule has 3 heteroatoms. The Balaban J connectivity index is 1.69. The van der Waals surface area contributed by atoms with Crippen molar-refractivity contribution in [3.63, 3.8) is 0 Å². The molecular formula is C13H19ClN2. The molecule has 88 valence electrons. The van der Waals surface area contributed by atoms with Crippen molar-refractivity contribution in [2.75, 3.05) is 19.6 Å². The molecule has 0 unspecified atom stereocenters. The fourth-order valence-electron chi connectivity index (χ4n) is 2.12. The van der Waals surface area contributed by atoms with Crippen LogP contribution in [0.3, 0.4) is 0 Å². The molecule has 1 saturated heterocycles. The van der Waals surface area contributed by atoms with Crippen LogP contribution >= 0.6 is 11.6 Å². The van der Waals surface area contributed by atoms with E-state index in [0.29, 0.717) is 0 Å². The van der Waals surface area contributed by atoms with Crippen molar-refractivity contribution in [3.05, 3.63) is 34.9 Å². The largest absolute Gasteiger partial charge is 0.316 e. The molecule has 0 radical (unpaired) electrons. The first-order valence-electron chi connectivity index (χ1n) is 6.00. The molecule has 16 heavy (non-hydrogen) atoms. The van der Waals surface area contributed by atoms with Gasteiger partial charge in [-0.15, -0.1) is 0 Å².